The molecule has 1 saturated carbocycles. The van der Waals surface area contributed by atoms with E-state index >= 15 is 0 Å². The fourth-order valence-corrected chi connectivity index (χ4v) is 2.81. The first-order valence-electron chi connectivity index (χ1n) is 6.51. The molecule has 2 N–H and O–H groups in total. The molecule has 0 radical (unpaired) electrons. The summed E-state index contributed by atoms with van der Waals surface area (Å²) < 4.78 is 0. The molecule has 0 saturated heterocycles. The molecule has 14 heavy (non-hydrogen) atoms. The van der Waals surface area contributed by atoms with Crippen LogP contribution < -0.4 is 5.73 Å². The lowest BCUT2D eigenvalue weighted by atomic mass is 9.85. The zero-order chi connectivity index (χ0) is 10.4. The SMILES string of the molecule is CCC(CC)CC1CCCCC(N)C1. The lowest BCUT2D eigenvalue weighted by Crippen LogP contribution is -2.22. The molecule has 0 amide bonds. The van der Waals surface area contributed by atoms with Gasteiger partial charge in [0.2, 0.25) is 0 Å². The summed E-state index contributed by atoms with van der Waals surface area (Å²) in [6, 6.07) is 0.497. The van der Waals surface area contributed by atoms with Crippen molar-refractivity contribution in [2.24, 2.45) is 17.6 Å². The molecule has 1 heteroatoms. The molecule has 0 bridgehead atoms. The molecule has 0 heterocycles. The highest BCUT2D eigenvalue weighted by Crippen LogP contribution is 2.29. The van der Waals surface area contributed by atoms with Gasteiger partial charge in [-0.3, -0.25) is 0 Å². The van der Waals surface area contributed by atoms with E-state index in [1.54, 1.807) is 0 Å². The van der Waals surface area contributed by atoms with Crippen LogP contribution in [-0.4, -0.2) is 6.04 Å². The van der Waals surface area contributed by atoms with Crippen molar-refractivity contribution in [3.63, 3.8) is 0 Å². The van der Waals surface area contributed by atoms with Crippen molar-refractivity contribution in [1.82, 2.24) is 0 Å². The maximum Gasteiger partial charge on any atom is 0.00414 e. The van der Waals surface area contributed by atoms with Crippen LogP contribution in [0.5, 0.6) is 0 Å². The monoisotopic (exact) mass is 197 g/mol. The summed E-state index contributed by atoms with van der Waals surface area (Å²) in [6.45, 7) is 4.65. The molecular formula is C13H27N. The Morgan fingerprint density at radius 3 is 2.43 bits per heavy atom. The van der Waals surface area contributed by atoms with Crippen molar-refractivity contribution in [3.8, 4) is 0 Å². The third kappa shape index (κ3) is 4.00. The first kappa shape index (κ1) is 12.0. The van der Waals surface area contributed by atoms with Crippen molar-refractivity contribution >= 4 is 0 Å². The second-order valence-corrected chi connectivity index (χ2v) is 5.06. The van der Waals surface area contributed by atoms with Crippen molar-refractivity contribution in [2.75, 3.05) is 0 Å². The molecule has 2 unspecified atom stereocenters. The van der Waals surface area contributed by atoms with Crippen molar-refractivity contribution in [2.45, 2.75) is 71.3 Å². The number of hydrogen-bond donors (Lipinski definition) is 1. The summed E-state index contributed by atoms with van der Waals surface area (Å²) in [7, 11) is 0. The normalized spacial score (nSPS) is 29.1. The van der Waals surface area contributed by atoms with E-state index in [0.717, 1.165) is 11.8 Å². The molecule has 0 aromatic rings. The van der Waals surface area contributed by atoms with Crippen LogP contribution in [0.3, 0.4) is 0 Å². The van der Waals surface area contributed by atoms with Crippen LogP contribution in [0, 0.1) is 11.8 Å². The van der Waals surface area contributed by atoms with Gasteiger partial charge in [0.15, 0.2) is 0 Å². The Hall–Kier alpha value is -0.0400. The van der Waals surface area contributed by atoms with E-state index in [1.165, 1.54) is 51.4 Å². The topological polar surface area (TPSA) is 26.0 Å². The Morgan fingerprint density at radius 2 is 1.79 bits per heavy atom. The van der Waals surface area contributed by atoms with Crippen LogP contribution in [0.4, 0.5) is 0 Å². The summed E-state index contributed by atoms with van der Waals surface area (Å²) in [5.41, 5.74) is 6.08. The highest BCUT2D eigenvalue weighted by molar-refractivity contribution is 4.75. The van der Waals surface area contributed by atoms with Crippen LogP contribution >= 0.6 is 0 Å². The summed E-state index contributed by atoms with van der Waals surface area (Å²) in [5, 5.41) is 0. The molecule has 84 valence electrons. The van der Waals surface area contributed by atoms with Gasteiger partial charge in [0.05, 0.1) is 0 Å². The Morgan fingerprint density at radius 1 is 1.14 bits per heavy atom. The smallest absolute Gasteiger partial charge is 0.00414 e. The predicted molar refractivity (Wildman–Crippen MR) is 63.2 cm³/mol. The standard InChI is InChI=1S/C13H27N/c1-3-11(4-2)9-12-7-5-6-8-13(14)10-12/h11-13H,3-10,14H2,1-2H3. The van der Waals surface area contributed by atoms with Gasteiger partial charge in [-0.15, -0.1) is 0 Å². The van der Waals surface area contributed by atoms with Gasteiger partial charge in [0.25, 0.3) is 0 Å². The zero-order valence-corrected chi connectivity index (χ0v) is 9.97. The Bertz CT molecular complexity index is 140. The Kier molecular flexibility index (Phi) is 5.54. The number of nitrogens with two attached hydrogens (primary N) is 1. The van der Waals surface area contributed by atoms with Gasteiger partial charge in [-0.1, -0.05) is 46.0 Å². The van der Waals surface area contributed by atoms with E-state index in [1.807, 2.05) is 0 Å². The fraction of sp³-hybridized carbons (Fsp3) is 1.00. The third-order valence-corrected chi connectivity index (χ3v) is 3.89. The average Bonchev–Trinajstić information content (AvgIpc) is 2.39. The van der Waals surface area contributed by atoms with Gasteiger partial charge < -0.3 is 5.73 Å². The molecule has 0 spiro atoms. The lowest BCUT2D eigenvalue weighted by molar-refractivity contribution is 0.316. The Labute approximate surface area is 89.5 Å². The van der Waals surface area contributed by atoms with Gasteiger partial charge in [0.1, 0.15) is 0 Å². The van der Waals surface area contributed by atoms with E-state index in [-0.39, 0.29) is 0 Å². The molecule has 1 rings (SSSR count). The number of hydrogen-bond acceptors (Lipinski definition) is 1. The molecule has 1 nitrogen and oxygen atoms in total. The first-order chi connectivity index (χ1) is 6.76. The molecular weight excluding hydrogens is 170 g/mol. The second-order valence-electron chi connectivity index (χ2n) is 5.06. The van der Waals surface area contributed by atoms with E-state index in [4.69, 9.17) is 5.73 Å². The highest BCUT2D eigenvalue weighted by atomic mass is 14.6. The van der Waals surface area contributed by atoms with Crippen molar-refractivity contribution in [3.05, 3.63) is 0 Å². The minimum absolute atomic E-state index is 0.497. The predicted octanol–water partition coefficient (Wildman–Crippen LogP) is 3.72. The summed E-state index contributed by atoms with van der Waals surface area (Å²) in [5.74, 6) is 1.88. The molecule has 1 fully saturated rings. The summed E-state index contributed by atoms with van der Waals surface area (Å²) >= 11 is 0. The van der Waals surface area contributed by atoms with Crippen molar-refractivity contribution in [1.29, 1.82) is 0 Å². The van der Waals surface area contributed by atoms with Crippen LogP contribution in [0.25, 0.3) is 0 Å². The lowest BCUT2D eigenvalue weighted by Gasteiger charge is -2.21. The minimum atomic E-state index is 0.497. The quantitative estimate of drug-likeness (QED) is 0.683. The van der Waals surface area contributed by atoms with Gasteiger partial charge in [0, 0.05) is 6.04 Å². The van der Waals surface area contributed by atoms with Gasteiger partial charge in [-0.05, 0) is 31.1 Å². The molecule has 1 aliphatic carbocycles. The average molecular weight is 197 g/mol. The van der Waals surface area contributed by atoms with Gasteiger partial charge >= 0.3 is 0 Å². The van der Waals surface area contributed by atoms with Gasteiger partial charge in [-0.2, -0.15) is 0 Å². The van der Waals surface area contributed by atoms with Gasteiger partial charge in [-0.25, -0.2) is 0 Å². The fourth-order valence-electron chi connectivity index (χ4n) is 2.81. The number of rotatable bonds is 4. The van der Waals surface area contributed by atoms with E-state index in [2.05, 4.69) is 13.8 Å². The molecule has 0 aromatic heterocycles. The Balaban J connectivity index is 2.33. The summed E-state index contributed by atoms with van der Waals surface area (Å²) in [4.78, 5) is 0. The molecule has 2 atom stereocenters. The molecule has 1 aliphatic rings. The first-order valence-corrected chi connectivity index (χ1v) is 6.51. The van der Waals surface area contributed by atoms with Crippen LogP contribution in [0.2, 0.25) is 0 Å². The maximum absolute atomic E-state index is 6.08. The largest absolute Gasteiger partial charge is 0.328 e. The minimum Gasteiger partial charge on any atom is -0.328 e. The maximum atomic E-state index is 6.08. The molecule has 0 aliphatic heterocycles. The summed E-state index contributed by atoms with van der Waals surface area (Å²) in [6.07, 6.45) is 10.9. The second kappa shape index (κ2) is 6.44. The van der Waals surface area contributed by atoms with Crippen molar-refractivity contribution < 1.29 is 0 Å². The van der Waals surface area contributed by atoms with E-state index in [0.29, 0.717) is 6.04 Å². The third-order valence-electron chi connectivity index (χ3n) is 3.89. The van der Waals surface area contributed by atoms with E-state index in [9.17, 15) is 0 Å². The molecule has 0 aromatic carbocycles. The van der Waals surface area contributed by atoms with Crippen LogP contribution in [0.1, 0.15) is 65.2 Å². The van der Waals surface area contributed by atoms with E-state index < -0.39 is 0 Å². The highest BCUT2D eigenvalue weighted by Gasteiger charge is 2.19. The van der Waals surface area contributed by atoms with Crippen LogP contribution in [-0.2, 0) is 0 Å². The van der Waals surface area contributed by atoms with Crippen LogP contribution in [0.15, 0.2) is 0 Å². The zero-order valence-electron chi connectivity index (χ0n) is 9.97.